The maximum Gasteiger partial charge on any atom is 0.320 e. The number of nitrogens with zero attached hydrogens (tertiary/aromatic N) is 1. The summed E-state index contributed by atoms with van der Waals surface area (Å²) in [5.41, 5.74) is 6.28. The molecule has 1 aromatic carbocycles. The van der Waals surface area contributed by atoms with Crippen molar-refractivity contribution >= 4 is 11.9 Å². The van der Waals surface area contributed by atoms with Crippen LogP contribution in [0.3, 0.4) is 0 Å². The third kappa shape index (κ3) is 2.71. The van der Waals surface area contributed by atoms with Crippen LogP contribution in [0.1, 0.15) is 42.4 Å². The SMILES string of the molecule is CN1CC[C@]23c4c5ccc(CO)c4O[C@H]2C(OC(=O)CC[C@H](N)C(=O)O)=CC[C@@]3(O)[C@H]1C5. The van der Waals surface area contributed by atoms with Gasteiger partial charge in [0.15, 0.2) is 6.10 Å². The lowest BCUT2D eigenvalue weighted by Gasteiger charge is -2.61. The highest BCUT2D eigenvalue weighted by Gasteiger charge is 2.71. The summed E-state index contributed by atoms with van der Waals surface area (Å²) in [6.45, 7) is 0.558. The maximum absolute atomic E-state index is 12.5. The second kappa shape index (κ2) is 7.28. The van der Waals surface area contributed by atoms with Gasteiger partial charge in [-0.25, -0.2) is 0 Å². The molecule has 0 radical (unpaired) electrons. The molecule has 9 heteroatoms. The van der Waals surface area contributed by atoms with Crippen molar-refractivity contribution in [2.45, 2.75) is 67.9 Å². The Bertz CT molecular complexity index is 1020. The second-order valence-electron chi connectivity index (χ2n) is 9.36. The number of esters is 1. The zero-order valence-corrected chi connectivity index (χ0v) is 17.9. The fourth-order valence-corrected chi connectivity index (χ4v) is 6.21. The van der Waals surface area contributed by atoms with E-state index in [-0.39, 0.29) is 25.5 Å². The number of likely N-dealkylation sites (tertiary alicyclic amines) is 1. The van der Waals surface area contributed by atoms with Gasteiger partial charge in [-0.1, -0.05) is 12.1 Å². The molecule has 2 aliphatic carbocycles. The zero-order chi connectivity index (χ0) is 22.8. The number of likely N-dealkylation sites (N-methyl/N-ethyl adjacent to an activating group) is 1. The summed E-state index contributed by atoms with van der Waals surface area (Å²) in [7, 11) is 2.01. The summed E-state index contributed by atoms with van der Waals surface area (Å²) in [5, 5.41) is 30.9. The van der Waals surface area contributed by atoms with Gasteiger partial charge in [-0.15, -0.1) is 0 Å². The number of carbonyl (C=O) groups is 2. The lowest BCUT2D eigenvalue weighted by molar-refractivity contribution is -0.169. The van der Waals surface area contributed by atoms with E-state index in [1.54, 1.807) is 6.08 Å². The monoisotopic (exact) mass is 444 g/mol. The summed E-state index contributed by atoms with van der Waals surface area (Å²) < 4.78 is 12.0. The van der Waals surface area contributed by atoms with Crippen LogP contribution in [0.2, 0.25) is 0 Å². The summed E-state index contributed by atoms with van der Waals surface area (Å²) in [6.07, 6.45) is 2.45. The molecule has 5 rings (SSSR count). The Labute approximate surface area is 185 Å². The number of piperidine rings is 1. The minimum atomic E-state index is -1.17. The van der Waals surface area contributed by atoms with Crippen LogP contribution in [0.15, 0.2) is 24.0 Å². The van der Waals surface area contributed by atoms with Crippen molar-refractivity contribution < 1.29 is 34.4 Å². The van der Waals surface area contributed by atoms with Crippen LogP contribution >= 0.6 is 0 Å². The topological polar surface area (TPSA) is 143 Å². The predicted molar refractivity (Wildman–Crippen MR) is 112 cm³/mol. The van der Waals surface area contributed by atoms with E-state index in [9.17, 15) is 19.8 Å². The molecule has 0 aromatic heterocycles. The van der Waals surface area contributed by atoms with Gasteiger partial charge in [0, 0.05) is 30.0 Å². The second-order valence-corrected chi connectivity index (χ2v) is 9.36. The van der Waals surface area contributed by atoms with Gasteiger partial charge in [0.1, 0.15) is 17.6 Å². The Morgan fingerprint density at radius 2 is 2.19 bits per heavy atom. The molecular weight excluding hydrogens is 416 g/mol. The van der Waals surface area contributed by atoms with Crippen LogP contribution in [-0.2, 0) is 32.8 Å². The molecule has 0 unspecified atom stereocenters. The third-order valence-electron chi connectivity index (χ3n) is 7.83. The van der Waals surface area contributed by atoms with Gasteiger partial charge in [-0.2, -0.15) is 0 Å². The first-order valence-corrected chi connectivity index (χ1v) is 11.0. The first-order valence-electron chi connectivity index (χ1n) is 11.0. The number of benzene rings is 1. The Morgan fingerprint density at radius 3 is 2.91 bits per heavy atom. The molecule has 1 saturated heterocycles. The van der Waals surface area contributed by atoms with Crippen molar-refractivity contribution in [2.24, 2.45) is 5.73 Å². The van der Waals surface area contributed by atoms with Gasteiger partial charge >= 0.3 is 11.9 Å². The van der Waals surface area contributed by atoms with E-state index in [4.69, 9.17) is 20.3 Å². The number of aliphatic hydroxyl groups is 2. The Balaban J connectivity index is 1.53. The number of carbonyl (C=O) groups excluding carboxylic acids is 1. The minimum absolute atomic E-state index is 0.0338. The molecule has 0 saturated carbocycles. The fraction of sp³-hybridized carbons (Fsp3) is 0.565. The van der Waals surface area contributed by atoms with Crippen molar-refractivity contribution in [1.29, 1.82) is 0 Å². The molecule has 1 aromatic rings. The minimum Gasteiger partial charge on any atom is -0.481 e. The fourth-order valence-electron chi connectivity index (χ4n) is 6.21. The Kier molecular flexibility index (Phi) is 4.86. The molecule has 2 aliphatic heterocycles. The standard InChI is InChI=1S/C23H28N2O7/c1-25-9-8-22-18-12-2-3-13(11-26)19(18)32-20(22)15(6-7-23(22,30)16(25)10-12)31-17(27)5-4-14(24)21(28)29/h2-3,6,14,16,20,26,30H,4-5,7-11,24H2,1H3,(H,28,29)/t14-,16+,20-,22-,23+/m0/s1. The summed E-state index contributed by atoms with van der Waals surface area (Å²) in [6, 6.07) is 2.61. The zero-order valence-electron chi connectivity index (χ0n) is 17.9. The van der Waals surface area contributed by atoms with Gasteiger partial charge in [-0.3, -0.25) is 9.59 Å². The normalized spacial score (nSPS) is 33.1. The Hall–Kier alpha value is -2.46. The first-order chi connectivity index (χ1) is 15.2. The number of rotatable bonds is 6. The molecular formula is C23H28N2O7. The molecule has 1 spiro atoms. The maximum atomic E-state index is 12.5. The average molecular weight is 444 g/mol. The Morgan fingerprint density at radius 1 is 1.41 bits per heavy atom. The van der Waals surface area contributed by atoms with Crippen molar-refractivity contribution in [2.75, 3.05) is 13.6 Å². The third-order valence-corrected chi connectivity index (χ3v) is 7.83. The molecule has 172 valence electrons. The highest BCUT2D eigenvalue weighted by Crippen LogP contribution is 2.64. The van der Waals surface area contributed by atoms with Crippen LogP contribution in [0.25, 0.3) is 0 Å². The van der Waals surface area contributed by atoms with Crippen LogP contribution < -0.4 is 10.5 Å². The van der Waals surface area contributed by atoms with Crippen LogP contribution in [0, 0.1) is 0 Å². The summed E-state index contributed by atoms with van der Waals surface area (Å²) >= 11 is 0. The van der Waals surface area contributed by atoms with E-state index in [0.29, 0.717) is 36.3 Å². The van der Waals surface area contributed by atoms with Crippen LogP contribution in [0.4, 0.5) is 0 Å². The van der Waals surface area contributed by atoms with Gasteiger partial charge in [0.25, 0.3) is 0 Å². The van der Waals surface area contributed by atoms with Crippen molar-refractivity contribution in [3.05, 3.63) is 40.7 Å². The highest BCUT2D eigenvalue weighted by atomic mass is 16.6. The number of carboxylic acid groups (broad SMARTS) is 1. The van der Waals surface area contributed by atoms with Gasteiger partial charge in [0.2, 0.25) is 0 Å². The summed E-state index contributed by atoms with van der Waals surface area (Å²) in [5.74, 6) is -0.845. The number of hydrogen-bond acceptors (Lipinski definition) is 8. The largest absolute Gasteiger partial charge is 0.481 e. The van der Waals surface area contributed by atoms with Gasteiger partial charge in [0.05, 0.1) is 17.6 Å². The lowest BCUT2D eigenvalue weighted by Crippen LogP contribution is -2.74. The van der Waals surface area contributed by atoms with Crippen molar-refractivity contribution in [3.63, 3.8) is 0 Å². The molecule has 2 heterocycles. The number of carboxylic acids is 1. The van der Waals surface area contributed by atoms with E-state index < -0.39 is 35.1 Å². The lowest BCUT2D eigenvalue weighted by atomic mass is 9.50. The first kappa shape index (κ1) is 21.4. The predicted octanol–water partition coefficient (Wildman–Crippen LogP) is 0.192. The van der Waals surface area contributed by atoms with E-state index in [2.05, 4.69) is 4.90 Å². The average Bonchev–Trinajstić information content (AvgIpc) is 3.12. The van der Waals surface area contributed by atoms with Crippen molar-refractivity contribution in [3.8, 4) is 5.75 Å². The van der Waals surface area contributed by atoms with E-state index in [1.807, 2.05) is 19.2 Å². The molecule has 5 atom stereocenters. The molecule has 32 heavy (non-hydrogen) atoms. The van der Waals surface area contributed by atoms with Crippen molar-refractivity contribution in [1.82, 2.24) is 4.90 Å². The number of nitrogens with two attached hydrogens (primary N) is 1. The molecule has 1 fully saturated rings. The number of aliphatic hydroxyl groups excluding tert-OH is 1. The van der Waals surface area contributed by atoms with Gasteiger partial charge in [-0.05, 0) is 44.5 Å². The molecule has 4 aliphatic rings. The molecule has 9 nitrogen and oxygen atoms in total. The number of ether oxygens (including phenoxy) is 2. The molecule has 0 amide bonds. The van der Waals surface area contributed by atoms with E-state index in [0.717, 1.165) is 17.7 Å². The smallest absolute Gasteiger partial charge is 0.320 e. The quantitative estimate of drug-likeness (QED) is 0.452. The number of hydrogen-bond donors (Lipinski definition) is 4. The van der Waals surface area contributed by atoms with E-state index >= 15 is 0 Å². The number of aliphatic carboxylic acids is 1. The van der Waals surface area contributed by atoms with E-state index in [1.165, 1.54) is 0 Å². The molecule has 2 bridgehead atoms. The summed E-state index contributed by atoms with van der Waals surface area (Å²) in [4.78, 5) is 25.6. The highest BCUT2D eigenvalue weighted by molar-refractivity contribution is 5.76. The van der Waals surface area contributed by atoms with Crippen LogP contribution in [0.5, 0.6) is 5.75 Å². The molecule has 5 N–H and O–H groups in total. The van der Waals surface area contributed by atoms with Gasteiger partial charge < -0.3 is 35.4 Å². The van der Waals surface area contributed by atoms with Crippen LogP contribution in [-0.4, -0.2) is 69.5 Å².